The van der Waals surface area contributed by atoms with E-state index in [9.17, 15) is 18.8 Å². The van der Waals surface area contributed by atoms with E-state index in [0.717, 1.165) is 29.3 Å². The van der Waals surface area contributed by atoms with Crippen molar-refractivity contribution in [1.82, 2.24) is 19.8 Å². The number of aromatic nitrogens is 2. The van der Waals surface area contributed by atoms with Crippen LogP contribution in [0.2, 0.25) is 0 Å². The van der Waals surface area contributed by atoms with Crippen LogP contribution in [0.15, 0.2) is 48.6 Å². The molecular weight excluding hydrogens is 576 g/mol. The lowest BCUT2D eigenvalue weighted by Crippen LogP contribution is -2.55. The average Bonchev–Trinajstić information content (AvgIpc) is 3.38. The summed E-state index contributed by atoms with van der Waals surface area (Å²) in [5.41, 5.74) is 4.27. The number of carbonyl (C=O) groups is 1. The van der Waals surface area contributed by atoms with Gasteiger partial charge in [0.15, 0.2) is 0 Å². The number of allylic oxidation sites excluding steroid dienone is 1. The molecule has 6 rings (SSSR count). The van der Waals surface area contributed by atoms with Crippen molar-refractivity contribution in [2.24, 2.45) is 0 Å². The van der Waals surface area contributed by atoms with Gasteiger partial charge in [-0.15, -0.1) is 0 Å². The van der Waals surface area contributed by atoms with Gasteiger partial charge in [0.05, 0.1) is 30.8 Å². The molecule has 0 aliphatic carbocycles. The zero-order valence-electron chi connectivity index (χ0n) is 25.8. The van der Waals surface area contributed by atoms with E-state index < -0.39 is 12.8 Å². The molecule has 9 nitrogen and oxygen atoms in total. The summed E-state index contributed by atoms with van der Waals surface area (Å²) in [7, 11) is 1.90. The molecule has 2 saturated heterocycles. The number of halogens is 2. The maximum absolute atomic E-state index is 14.1. The number of nitrogens with zero attached hydrogens (tertiary/aromatic N) is 7. The number of likely N-dealkylation sites (tertiary alicyclic amines) is 1. The highest BCUT2D eigenvalue weighted by atomic mass is 19.1. The first-order valence-corrected chi connectivity index (χ1v) is 15.6. The van der Waals surface area contributed by atoms with Crippen LogP contribution < -0.4 is 14.5 Å². The number of likely N-dealkylation sites (N-methyl/N-ethyl adjacent to an activating group) is 1. The molecule has 3 aromatic rings. The number of piperazine rings is 1. The molecule has 0 unspecified atom stereocenters. The first-order valence-electron chi connectivity index (χ1n) is 15.6. The van der Waals surface area contributed by atoms with Gasteiger partial charge in [-0.05, 0) is 49.9 Å². The number of aryl methyl sites for hydroxylation is 1. The molecule has 3 aliphatic heterocycles. The normalized spacial score (nSPS) is 22.2. The van der Waals surface area contributed by atoms with Crippen LogP contribution in [0, 0.1) is 18.3 Å². The highest BCUT2D eigenvalue weighted by Crippen LogP contribution is 2.36. The summed E-state index contributed by atoms with van der Waals surface area (Å²) in [6.45, 7) is 4.70. The number of fused-ring (bicyclic) bond motifs is 2. The SMILES string of the molecule is Cc1cccc2cccc(N3CCc4c(nc(OC[C@@H]5C[C@@H](F)CN5C)nc4N4CCN(C(=O)/C=C/CF)[C@@H](CC#N)C4)C3)c12. The van der Waals surface area contributed by atoms with E-state index in [1.165, 1.54) is 28.5 Å². The van der Waals surface area contributed by atoms with E-state index in [4.69, 9.17) is 14.7 Å². The molecule has 1 aromatic heterocycles. The van der Waals surface area contributed by atoms with E-state index in [0.29, 0.717) is 45.6 Å². The van der Waals surface area contributed by atoms with Gasteiger partial charge in [-0.25, -0.2) is 8.78 Å². The summed E-state index contributed by atoms with van der Waals surface area (Å²) in [5, 5.41) is 12.0. The van der Waals surface area contributed by atoms with E-state index in [1.807, 2.05) is 11.9 Å². The largest absolute Gasteiger partial charge is 0.462 e. The van der Waals surface area contributed by atoms with Crippen LogP contribution in [0.25, 0.3) is 10.8 Å². The van der Waals surface area contributed by atoms with E-state index in [1.54, 1.807) is 4.90 Å². The topological polar surface area (TPSA) is 88.8 Å². The Hall–Kier alpha value is -4.30. The number of alkyl halides is 2. The summed E-state index contributed by atoms with van der Waals surface area (Å²) in [6, 6.07) is 14.7. The van der Waals surface area contributed by atoms with Gasteiger partial charge in [0, 0.05) is 61.5 Å². The number of amides is 1. The summed E-state index contributed by atoms with van der Waals surface area (Å²) >= 11 is 0. The minimum absolute atomic E-state index is 0.0646. The Morgan fingerprint density at radius 1 is 1.11 bits per heavy atom. The number of hydrogen-bond donors (Lipinski definition) is 0. The van der Waals surface area contributed by atoms with Gasteiger partial charge in [0.2, 0.25) is 5.91 Å². The number of benzene rings is 2. The third-order valence-electron chi connectivity index (χ3n) is 9.24. The Morgan fingerprint density at radius 2 is 1.93 bits per heavy atom. The van der Waals surface area contributed by atoms with Crippen molar-refractivity contribution >= 4 is 28.2 Å². The minimum Gasteiger partial charge on any atom is -0.462 e. The fourth-order valence-electron chi connectivity index (χ4n) is 6.93. The third kappa shape index (κ3) is 6.43. The zero-order chi connectivity index (χ0) is 31.5. The Kier molecular flexibility index (Phi) is 9.12. The van der Waals surface area contributed by atoms with Crippen LogP contribution in [0.3, 0.4) is 0 Å². The molecule has 236 valence electrons. The second-order valence-corrected chi connectivity index (χ2v) is 12.2. The van der Waals surface area contributed by atoms with Crippen molar-refractivity contribution in [3.63, 3.8) is 0 Å². The fourth-order valence-corrected chi connectivity index (χ4v) is 6.93. The standard InChI is InChI=1S/C34H39F2N7O2/c1-23-6-3-7-24-8-4-9-30(32(23)24)41-15-12-28-29(21-41)38-34(45-22-27-18-25(36)19-40(27)2)39-33(28)42-16-17-43(26(20-42)11-14-37)31(44)10-5-13-35/h3-10,25-27H,11-13,15-22H2,1-2H3/b10-5+/t25-,26+,27+/m1/s1. The molecule has 45 heavy (non-hydrogen) atoms. The van der Waals surface area contributed by atoms with Crippen LogP contribution in [-0.2, 0) is 17.8 Å². The van der Waals surface area contributed by atoms with Gasteiger partial charge in [-0.3, -0.25) is 9.69 Å². The minimum atomic E-state index is -0.878. The number of ether oxygens (including phenoxy) is 1. The Labute approximate surface area is 262 Å². The summed E-state index contributed by atoms with van der Waals surface area (Å²) in [5.74, 6) is 0.454. The van der Waals surface area contributed by atoms with Gasteiger partial charge < -0.3 is 19.4 Å². The molecule has 0 radical (unpaired) electrons. The number of carbonyl (C=O) groups excluding carboxylic acids is 1. The van der Waals surface area contributed by atoms with E-state index in [2.05, 4.69) is 59.2 Å². The van der Waals surface area contributed by atoms with E-state index in [-0.39, 0.29) is 37.0 Å². The zero-order valence-corrected chi connectivity index (χ0v) is 25.8. The molecule has 0 N–H and O–H groups in total. The highest BCUT2D eigenvalue weighted by Gasteiger charge is 2.34. The van der Waals surface area contributed by atoms with Crippen molar-refractivity contribution in [1.29, 1.82) is 5.26 Å². The predicted octanol–water partition coefficient (Wildman–Crippen LogP) is 4.38. The predicted molar refractivity (Wildman–Crippen MR) is 170 cm³/mol. The number of rotatable bonds is 8. The van der Waals surface area contributed by atoms with Crippen molar-refractivity contribution in [2.75, 3.05) is 62.9 Å². The van der Waals surface area contributed by atoms with Gasteiger partial charge in [-0.2, -0.15) is 15.2 Å². The second kappa shape index (κ2) is 13.4. The third-order valence-corrected chi connectivity index (χ3v) is 9.24. The summed E-state index contributed by atoms with van der Waals surface area (Å²) in [4.78, 5) is 30.7. The van der Waals surface area contributed by atoms with Crippen molar-refractivity contribution < 1.29 is 18.3 Å². The Balaban J connectivity index is 1.32. The maximum atomic E-state index is 14.1. The van der Waals surface area contributed by atoms with Gasteiger partial charge in [0.1, 0.15) is 25.3 Å². The van der Waals surface area contributed by atoms with Crippen LogP contribution in [-0.4, -0.2) is 97.0 Å². The second-order valence-electron chi connectivity index (χ2n) is 12.2. The monoisotopic (exact) mass is 615 g/mol. The molecule has 0 saturated carbocycles. The average molecular weight is 616 g/mol. The molecular formula is C34H39F2N7O2. The molecule has 4 heterocycles. The van der Waals surface area contributed by atoms with E-state index >= 15 is 0 Å². The van der Waals surface area contributed by atoms with Crippen molar-refractivity contribution in [3.05, 3.63) is 65.4 Å². The molecule has 3 aliphatic rings. The fraction of sp³-hybridized carbons (Fsp3) is 0.471. The molecule has 0 spiro atoms. The number of anilines is 2. The van der Waals surface area contributed by atoms with Crippen LogP contribution in [0.4, 0.5) is 20.3 Å². The van der Waals surface area contributed by atoms with Gasteiger partial charge in [0.25, 0.3) is 0 Å². The smallest absolute Gasteiger partial charge is 0.318 e. The summed E-state index contributed by atoms with van der Waals surface area (Å²) < 4.78 is 33.0. The number of hydrogen-bond acceptors (Lipinski definition) is 8. The van der Waals surface area contributed by atoms with Gasteiger partial charge in [-0.1, -0.05) is 30.3 Å². The van der Waals surface area contributed by atoms with Gasteiger partial charge >= 0.3 is 6.01 Å². The first kappa shape index (κ1) is 30.7. The number of nitriles is 1. The quantitative estimate of drug-likeness (QED) is 0.345. The van der Waals surface area contributed by atoms with Crippen molar-refractivity contribution in [3.8, 4) is 12.1 Å². The molecule has 1 amide bonds. The highest BCUT2D eigenvalue weighted by molar-refractivity contribution is 5.97. The molecule has 3 atom stereocenters. The van der Waals surface area contributed by atoms with Crippen LogP contribution >= 0.6 is 0 Å². The van der Waals surface area contributed by atoms with Crippen LogP contribution in [0.5, 0.6) is 6.01 Å². The first-order chi connectivity index (χ1) is 21.9. The lowest BCUT2D eigenvalue weighted by molar-refractivity contribution is -0.128. The lowest BCUT2D eigenvalue weighted by Gasteiger charge is -2.42. The van der Waals surface area contributed by atoms with Crippen LogP contribution in [0.1, 0.15) is 29.7 Å². The Morgan fingerprint density at radius 3 is 2.69 bits per heavy atom. The molecule has 11 heteroatoms. The van der Waals surface area contributed by atoms with Crippen molar-refractivity contribution in [2.45, 2.75) is 51.0 Å². The Bertz CT molecular complexity index is 1620. The summed E-state index contributed by atoms with van der Waals surface area (Å²) in [6.07, 6.45) is 2.82. The molecule has 2 aromatic carbocycles. The maximum Gasteiger partial charge on any atom is 0.318 e. The lowest BCUT2D eigenvalue weighted by atomic mass is 9.99. The molecule has 2 fully saturated rings. The molecule has 0 bridgehead atoms.